The maximum atomic E-state index is 13.0. The second kappa shape index (κ2) is 5.05. The zero-order chi connectivity index (χ0) is 14.2. The van der Waals surface area contributed by atoms with Crippen LogP contribution in [0, 0.1) is 5.82 Å². The van der Waals surface area contributed by atoms with Crippen molar-refractivity contribution in [3.63, 3.8) is 0 Å². The molecule has 5 heteroatoms. The fourth-order valence-corrected chi connectivity index (χ4v) is 2.92. The summed E-state index contributed by atoms with van der Waals surface area (Å²) in [5.74, 6) is -0.529. The van der Waals surface area contributed by atoms with Crippen LogP contribution < -0.4 is 5.32 Å². The Balaban J connectivity index is 1.79. The minimum atomic E-state index is -0.713. The number of carbonyl (C=O) groups is 1. The van der Waals surface area contributed by atoms with E-state index in [1.54, 1.807) is 12.1 Å². The Hall–Kier alpha value is -1.62. The minimum Gasteiger partial charge on any atom is -0.467 e. The molecule has 1 unspecified atom stereocenters. The van der Waals surface area contributed by atoms with Gasteiger partial charge in [0.1, 0.15) is 11.4 Å². The van der Waals surface area contributed by atoms with Crippen molar-refractivity contribution in [1.29, 1.82) is 0 Å². The van der Waals surface area contributed by atoms with E-state index in [0.29, 0.717) is 19.0 Å². The molecule has 0 amide bonds. The molecular weight excluding hydrogens is 259 g/mol. The molecule has 1 aliphatic heterocycles. The highest BCUT2D eigenvalue weighted by Gasteiger charge is 2.49. The molecule has 1 aliphatic carbocycles. The van der Waals surface area contributed by atoms with Crippen LogP contribution in [0.5, 0.6) is 0 Å². The fraction of sp³-hybridized carbons (Fsp3) is 0.533. The standard InChI is InChI=1S/C15H19FN2O2/c1-20-14(19)15(8-9-18(10-15)13-6-7-13)17-12-4-2-11(16)3-5-12/h2-5,13,17H,6-10H2,1H3. The van der Waals surface area contributed by atoms with Gasteiger partial charge < -0.3 is 10.1 Å². The highest BCUT2D eigenvalue weighted by atomic mass is 19.1. The summed E-state index contributed by atoms with van der Waals surface area (Å²) in [5, 5.41) is 3.26. The van der Waals surface area contributed by atoms with Crippen molar-refractivity contribution in [3.8, 4) is 0 Å². The number of carbonyl (C=O) groups excluding carboxylic acids is 1. The lowest BCUT2D eigenvalue weighted by Gasteiger charge is -2.29. The average Bonchev–Trinajstić information content (AvgIpc) is 3.22. The van der Waals surface area contributed by atoms with Crippen LogP contribution in [-0.4, -0.2) is 42.6 Å². The highest BCUT2D eigenvalue weighted by molar-refractivity contribution is 5.85. The first-order chi connectivity index (χ1) is 9.63. The normalized spacial score (nSPS) is 26.5. The summed E-state index contributed by atoms with van der Waals surface area (Å²) < 4.78 is 17.9. The third-order valence-corrected chi connectivity index (χ3v) is 4.17. The van der Waals surface area contributed by atoms with Crippen molar-refractivity contribution < 1.29 is 13.9 Å². The predicted molar refractivity (Wildman–Crippen MR) is 74.0 cm³/mol. The Bertz CT molecular complexity index is 501. The van der Waals surface area contributed by atoms with Gasteiger partial charge in [0, 0.05) is 24.8 Å². The minimum absolute atomic E-state index is 0.245. The molecule has 1 aromatic rings. The number of anilines is 1. The van der Waals surface area contributed by atoms with E-state index < -0.39 is 5.54 Å². The molecule has 1 N–H and O–H groups in total. The molecule has 1 aromatic carbocycles. The summed E-state index contributed by atoms with van der Waals surface area (Å²) in [6.45, 7) is 1.55. The van der Waals surface area contributed by atoms with Gasteiger partial charge in [-0.25, -0.2) is 9.18 Å². The third-order valence-electron chi connectivity index (χ3n) is 4.17. The number of nitrogens with one attached hydrogen (secondary N) is 1. The largest absolute Gasteiger partial charge is 0.467 e. The Labute approximate surface area is 117 Å². The lowest BCUT2D eigenvalue weighted by molar-refractivity contribution is -0.145. The smallest absolute Gasteiger partial charge is 0.332 e. The van der Waals surface area contributed by atoms with E-state index in [-0.39, 0.29) is 11.8 Å². The Morgan fingerprint density at radius 2 is 2.10 bits per heavy atom. The first-order valence-corrected chi connectivity index (χ1v) is 6.99. The summed E-state index contributed by atoms with van der Waals surface area (Å²) in [6.07, 6.45) is 3.15. The summed E-state index contributed by atoms with van der Waals surface area (Å²) >= 11 is 0. The van der Waals surface area contributed by atoms with Crippen LogP contribution in [0.25, 0.3) is 0 Å². The quantitative estimate of drug-likeness (QED) is 0.856. The van der Waals surface area contributed by atoms with E-state index in [1.807, 2.05) is 0 Å². The van der Waals surface area contributed by atoms with Gasteiger partial charge in [0.15, 0.2) is 0 Å². The number of methoxy groups -OCH3 is 1. The van der Waals surface area contributed by atoms with Gasteiger partial charge in [0.2, 0.25) is 0 Å². The van der Waals surface area contributed by atoms with Crippen molar-refractivity contribution in [2.24, 2.45) is 0 Å². The van der Waals surface area contributed by atoms with Crippen LogP contribution in [0.4, 0.5) is 10.1 Å². The van der Waals surface area contributed by atoms with Gasteiger partial charge >= 0.3 is 5.97 Å². The number of halogens is 1. The molecule has 0 spiro atoms. The summed E-state index contributed by atoms with van der Waals surface area (Å²) in [7, 11) is 1.41. The molecule has 4 nitrogen and oxygen atoms in total. The number of benzene rings is 1. The number of hydrogen-bond donors (Lipinski definition) is 1. The second-order valence-corrected chi connectivity index (χ2v) is 5.66. The number of hydrogen-bond acceptors (Lipinski definition) is 4. The maximum Gasteiger partial charge on any atom is 0.332 e. The Kier molecular flexibility index (Phi) is 3.38. The van der Waals surface area contributed by atoms with E-state index in [1.165, 1.54) is 32.1 Å². The van der Waals surface area contributed by atoms with Crippen molar-refractivity contribution in [3.05, 3.63) is 30.1 Å². The van der Waals surface area contributed by atoms with E-state index in [2.05, 4.69) is 10.2 Å². The highest BCUT2D eigenvalue weighted by Crippen LogP contribution is 2.35. The van der Waals surface area contributed by atoms with Crippen LogP contribution in [0.3, 0.4) is 0 Å². The van der Waals surface area contributed by atoms with Gasteiger partial charge in [-0.3, -0.25) is 4.90 Å². The number of nitrogens with zero attached hydrogens (tertiary/aromatic N) is 1. The first-order valence-electron chi connectivity index (χ1n) is 6.99. The topological polar surface area (TPSA) is 41.6 Å². The number of ether oxygens (including phenoxy) is 1. The summed E-state index contributed by atoms with van der Waals surface area (Å²) in [4.78, 5) is 14.6. The van der Waals surface area contributed by atoms with Crippen molar-refractivity contribution in [1.82, 2.24) is 4.90 Å². The van der Waals surface area contributed by atoms with Gasteiger partial charge in [0.05, 0.1) is 7.11 Å². The molecule has 0 bridgehead atoms. The van der Waals surface area contributed by atoms with Gasteiger partial charge in [-0.15, -0.1) is 0 Å². The van der Waals surface area contributed by atoms with Gasteiger partial charge in [-0.05, 0) is 43.5 Å². The molecule has 1 atom stereocenters. The van der Waals surface area contributed by atoms with Crippen molar-refractivity contribution in [2.75, 3.05) is 25.5 Å². The molecule has 0 radical (unpaired) electrons. The molecule has 3 rings (SSSR count). The monoisotopic (exact) mass is 278 g/mol. The second-order valence-electron chi connectivity index (χ2n) is 5.66. The molecule has 2 fully saturated rings. The number of esters is 1. The number of likely N-dealkylation sites (tertiary alicyclic amines) is 1. The molecule has 0 aromatic heterocycles. The van der Waals surface area contributed by atoms with E-state index in [4.69, 9.17) is 4.74 Å². The first kappa shape index (κ1) is 13.4. The fourth-order valence-electron chi connectivity index (χ4n) is 2.92. The van der Waals surface area contributed by atoms with E-state index >= 15 is 0 Å². The van der Waals surface area contributed by atoms with Crippen LogP contribution >= 0.6 is 0 Å². The number of rotatable bonds is 4. The van der Waals surface area contributed by atoms with E-state index in [0.717, 1.165) is 12.2 Å². The molecule has 108 valence electrons. The van der Waals surface area contributed by atoms with Gasteiger partial charge in [-0.2, -0.15) is 0 Å². The van der Waals surface area contributed by atoms with E-state index in [9.17, 15) is 9.18 Å². The third kappa shape index (κ3) is 2.50. The summed E-state index contributed by atoms with van der Waals surface area (Å²) in [5.41, 5.74) is 0.0317. The zero-order valence-electron chi connectivity index (χ0n) is 11.6. The molecule has 1 saturated heterocycles. The van der Waals surface area contributed by atoms with Crippen LogP contribution in [-0.2, 0) is 9.53 Å². The predicted octanol–water partition coefficient (Wildman–Crippen LogP) is 2.02. The Morgan fingerprint density at radius 1 is 1.40 bits per heavy atom. The average molecular weight is 278 g/mol. The molecule has 2 aliphatic rings. The molecular formula is C15H19FN2O2. The summed E-state index contributed by atoms with van der Waals surface area (Å²) in [6, 6.07) is 6.71. The van der Waals surface area contributed by atoms with Crippen LogP contribution in [0.2, 0.25) is 0 Å². The van der Waals surface area contributed by atoms with Crippen LogP contribution in [0.15, 0.2) is 24.3 Å². The van der Waals surface area contributed by atoms with Crippen molar-refractivity contribution >= 4 is 11.7 Å². The SMILES string of the molecule is COC(=O)C1(Nc2ccc(F)cc2)CCN(C2CC2)C1. The zero-order valence-corrected chi connectivity index (χ0v) is 11.6. The molecule has 1 heterocycles. The van der Waals surface area contributed by atoms with Crippen molar-refractivity contribution in [2.45, 2.75) is 30.8 Å². The molecule has 1 saturated carbocycles. The molecule has 20 heavy (non-hydrogen) atoms. The van der Waals surface area contributed by atoms with Crippen LogP contribution in [0.1, 0.15) is 19.3 Å². The lowest BCUT2D eigenvalue weighted by Crippen LogP contribution is -2.49. The lowest BCUT2D eigenvalue weighted by atomic mass is 9.98. The van der Waals surface area contributed by atoms with Gasteiger partial charge in [0.25, 0.3) is 0 Å². The maximum absolute atomic E-state index is 13.0. The van der Waals surface area contributed by atoms with Gasteiger partial charge in [-0.1, -0.05) is 0 Å². The Morgan fingerprint density at radius 3 is 2.70 bits per heavy atom.